The van der Waals surface area contributed by atoms with E-state index in [2.05, 4.69) is 67.3 Å². The molecule has 1 aliphatic rings. The molecule has 2 aromatic carbocycles. The highest BCUT2D eigenvalue weighted by molar-refractivity contribution is 5.52. The van der Waals surface area contributed by atoms with E-state index >= 15 is 0 Å². The number of benzene rings is 2. The summed E-state index contributed by atoms with van der Waals surface area (Å²) in [5.74, 6) is 0.606. The van der Waals surface area contributed by atoms with Crippen LogP contribution in [-0.4, -0.2) is 0 Å². The summed E-state index contributed by atoms with van der Waals surface area (Å²) in [7, 11) is 0. The Morgan fingerprint density at radius 2 is 1.39 bits per heavy atom. The fourth-order valence-electron chi connectivity index (χ4n) is 2.59. The average molecular weight is 237 g/mol. The molecule has 0 fully saturated rings. The highest BCUT2D eigenvalue weighted by Gasteiger charge is 2.18. The molecule has 0 amide bonds. The second-order valence-electron chi connectivity index (χ2n) is 5.37. The smallest absolute Gasteiger partial charge is 0.0436 e. The van der Waals surface area contributed by atoms with Crippen LogP contribution in [0.1, 0.15) is 36.5 Å². The minimum Gasteiger partial charge on any atom is -0.363 e. The second-order valence-corrected chi connectivity index (χ2v) is 5.37. The lowest BCUT2D eigenvalue weighted by Gasteiger charge is -2.18. The third-order valence-corrected chi connectivity index (χ3v) is 3.77. The lowest BCUT2D eigenvalue weighted by Crippen LogP contribution is -2.14. The van der Waals surface area contributed by atoms with Gasteiger partial charge >= 0.3 is 0 Å². The van der Waals surface area contributed by atoms with Crippen molar-refractivity contribution in [2.24, 2.45) is 0 Å². The van der Waals surface area contributed by atoms with Gasteiger partial charge in [0.2, 0.25) is 0 Å². The lowest BCUT2D eigenvalue weighted by molar-refractivity contribution is 0.856. The van der Waals surface area contributed by atoms with Crippen molar-refractivity contribution in [1.82, 2.24) is 0 Å². The molecule has 0 radical (unpaired) electrons. The zero-order valence-corrected chi connectivity index (χ0v) is 11.1. The van der Waals surface area contributed by atoms with Gasteiger partial charge in [-0.25, -0.2) is 0 Å². The third kappa shape index (κ3) is 2.01. The summed E-state index contributed by atoms with van der Waals surface area (Å²) in [5.41, 5.74) is 5.67. The monoisotopic (exact) mass is 237 g/mol. The van der Waals surface area contributed by atoms with Crippen LogP contribution >= 0.6 is 0 Å². The molecular formula is C17H19N. The first-order valence-electron chi connectivity index (χ1n) is 6.66. The van der Waals surface area contributed by atoms with Gasteiger partial charge in [-0.1, -0.05) is 50.2 Å². The zero-order valence-electron chi connectivity index (χ0n) is 11.1. The van der Waals surface area contributed by atoms with Gasteiger partial charge in [-0.15, -0.1) is 0 Å². The topological polar surface area (TPSA) is 3.24 Å². The Bertz CT molecular complexity index is 515. The molecule has 0 saturated heterocycles. The van der Waals surface area contributed by atoms with Crippen molar-refractivity contribution < 1.29 is 0 Å². The molecule has 3 rings (SSSR count). The summed E-state index contributed by atoms with van der Waals surface area (Å²) in [6.45, 7) is 6.55. The van der Waals surface area contributed by atoms with Gasteiger partial charge in [0.05, 0.1) is 0 Å². The van der Waals surface area contributed by atoms with E-state index in [1.165, 1.54) is 22.4 Å². The fraction of sp³-hybridized carbons (Fsp3) is 0.294. The molecule has 2 aromatic rings. The summed E-state index contributed by atoms with van der Waals surface area (Å²) < 4.78 is 0. The highest BCUT2D eigenvalue weighted by Crippen LogP contribution is 2.28. The van der Waals surface area contributed by atoms with Crippen LogP contribution in [0.5, 0.6) is 0 Å². The number of hydrogen-bond donors (Lipinski definition) is 0. The zero-order chi connectivity index (χ0) is 12.5. The first-order valence-corrected chi connectivity index (χ1v) is 6.66. The summed E-state index contributed by atoms with van der Waals surface area (Å²) in [6, 6.07) is 17.7. The van der Waals surface area contributed by atoms with E-state index in [4.69, 9.17) is 0 Å². The summed E-state index contributed by atoms with van der Waals surface area (Å²) >= 11 is 0. The Kier molecular flexibility index (Phi) is 2.83. The highest BCUT2D eigenvalue weighted by atomic mass is 15.1. The first kappa shape index (κ1) is 11.3. The fourth-order valence-corrected chi connectivity index (χ4v) is 2.59. The van der Waals surface area contributed by atoms with Crippen LogP contribution < -0.4 is 4.90 Å². The molecular weight excluding hydrogens is 218 g/mol. The Balaban J connectivity index is 1.82. The van der Waals surface area contributed by atoms with Gasteiger partial charge in [0.25, 0.3) is 0 Å². The largest absolute Gasteiger partial charge is 0.363 e. The van der Waals surface area contributed by atoms with Gasteiger partial charge in [0.1, 0.15) is 0 Å². The number of hydrogen-bond acceptors (Lipinski definition) is 1. The van der Waals surface area contributed by atoms with Crippen molar-refractivity contribution in [3.8, 4) is 0 Å². The van der Waals surface area contributed by atoms with Crippen LogP contribution in [0.15, 0.2) is 48.5 Å². The lowest BCUT2D eigenvalue weighted by atomic mass is 10.0. The molecule has 0 atom stereocenters. The molecule has 0 saturated carbocycles. The van der Waals surface area contributed by atoms with E-state index in [-0.39, 0.29) is 0 Å². The minimum atomic E-state index is 0.606. The molecule has 0 aliphatic carbocycles. The number of rotatable bonds is 2. The molecule has 1 aliphatic heterocycles. The Morgan fingerprint density at radius 1 is 0.833 bits per heavy atom. The summed E-state index contributed by atoms with van der Waals surface area (Å²) in [4.78, 5) is 2.44. The van der Waals surface area contributed by atoms with E-state index in [1.807, 2.05) is 0 Å². The molecule has 0 spiro atoms. The average Bonchev–Trinajstić information content (AvgIpc) is 2.82. The van der Waals surface area contributed by atoms with E-state index in [0.717, 1.165) is 13.1 Å². The molecule has 0 aromatic heterocycles. The summed E-state index contributed by atoms with van der Waals surface area (Å²) in [5, 5.41) is 0. The molecule has 0 bridgehead atoms. The van der Waals surface area contributed by atoms with Gasteiger partial charge in [0, 0.05) is 18.8 Å². The van der Waals surface area contributed by atoms with Gasteiger partial charge in [0.15, 0.2) is 0 Å². The molecule has 1 nitrogen and oxygen atoms in total. The molecule has 1 heteroatoms. The van der Waals surface area contributed by atoms with Crippen molar-refractivity contribution >= 4 is 5.69 Å². The van der Waals surface area contributed by atoms with Crippen LogP contribution in [0.2, 0.25) is 0 Å². The standard InChI is InChI=1S/C17H19N/c1-13(2)14-7-9-17(10-8-14)18-11-15-5-3-4-6-16(15)12-18/h3-10,13H,11-12H2,1-2H3. The van der Waals surface area contributed by atoms with Crippen molar-refractivity contribution in [2.75, 3.05) is 4.90 Å². The Morgan fingerprint density at radius 3 is 1.89 bits per heavy atom. The maximum atomic E-state index is 2.44. The van der Waals surface area contributed by atoms with Gasteiger partial charge < -0.3 is 4.90 Å². The van der Waals surface area contributed by atoms with Crippen LogP contribution in [0.4, 0.5) is 5.69 Å². The number of fused-ring (bicyclic) bond motifs is 1. The molecule has 1 heterocycles. The van der Waals surface area contributed by atoms with Gasteiger partial charge in [-0.05, 0) is 34.7 Å². The quantitative estimate of drug-likeness (QED) is 0.751. The minimum absolute atomic E-state index is 0.606. The van der Waals surface area contributed by atoms with Crippen LogP contribution in [0.3, 0.4) is 0 Å². The second kappa shape index (κ2) is 4.49. The first-order chi connectivity index (χ1) is 8.74. The van der Waals surface area contributed by atoms with E-state index < -0.39 is 0 Å². The van der Waals surface area contributed by atoms with Gasteiger partial charge in [-0.3, -0.25) is 0 Å². The van der Waals surface area contributed by atoms with Crippen molar-refractivity contribution in [2.45, 2.75) is 32.9 Å². The van der Waals surface area contributed by atoms with Crippen LogP contribution in [-0.2, 0) is 13.1 Å². The van der Waals surface area contributed by atoms with Crippen molar-refractivity contribution in [3.05, 3.63) is 65.2 Å². The maximum Gasteiger partial charge on any atom is 0.0436 e. The molecule has 0 unspecified atom stereocenters. The maximum absolute atomic E-state index is 2.44. The van der Waals surface area contributed by atoms with Crippen LogP contribution in [0.25, 0.3) is 0 Å². The Hall–Kier alpha value is -1.76. The van der Waals surface area contributed by atoms with Crippen molar-refractivity contribution in [3.63, 3.8) is 0 Å². The van der Waals surface area contributed by atoms with Crippen LogP contribution in [0, 0.1) is 0 Å². The van der Waals surface area contributed by atoms with E-state index in [1.54, 1.807) is 0 Å². The van der Waals surface area contributed by atoms with E-state index in [0.29, 0.717) is 5.92 Å². The molecule has 0 N–H and O–H groups in total. The Labute approximate surface area is 109 Å². The number of nitrogens with zero attached hydrogens (tertiary/aromatic N) is 1. The van der Waals surface area contributed by atoms with E-state index in [9.17, 15) is 0 Å². The SMILES string of the molecule is CC(C)c1ccc(N2Cc3ccccc3C2)cc1. The van der Waals surface area contributed by atoms with Gasteiger partial charge in [-0.2, -0.15) is 0 Å². The predicted octanol–water partition coefficient (Wildman–Crippen LogP) is 4.33. The third-order valence-electron chi connectivity index (χ3n) is 3.77. The normalized spacial score (nSPS) is 14.1. The summed E-state index contributed by atoms with van der Waals surface area (Å²) in [6.07, 6.45) is 0. The number of anilines is 1. The molecule has 18 heavy (non-hydrogen) atoms. The molecule has 92 valence electrons. The van der Waals surface area contributed by atoms with Crippen molar-refractivity contribution in [1.29, 1.82) is 0 Å². The predicted molar refractivity (Wildman–Crippen MR) is 76.9 cm³/mol.